The predicted molar refractivity (Wildman–Crippen MR) is 102 cm³/mol. The lowest BCUT2D eigenvalue weighted by Crippen LogP contribution is -2.51. The first-order chi connectivity index (χ1) is 12.3. The summed E-state index contributed by atoms with van der Waals surface area (Å²) in [6.45, 7) is 3.20. The maximum absolute atomic E-state index is 12.7. The third-order valence-corrected chi connectivity index (χ3v) is 5.28. The molecule has 7 heteroatoms. The molecule has 2 aromatic rings. The van der Waals surface area contributed by atoms with Crippen LogP contribution in [0.15, 0.2) is 27.4 Å². The van der Waals surface area contributed by atoms with Crippen LogP contribution in [0.1, 0.15) is 32.6 Å². The lowest BCUT2D eigenvalue weighted by atomic mass is 9.74. The number of likely N-dealkylation sites (N-methyl/N-ethyl adjacent to an activating group) is 1. The average Bonchev–Trinajstić information content (AvgIpc) is 2.87. The van der Waals surface area contributed by atoms with Crippen molar-refractivity contribution in [2.24, 2.45) is 11.7 Å². The Morgan fingerprint density at radius 2 is 2.19 bits per heavy atom. The van der Waals surface area contributed by atoms with Gasteiger partial charge in [-0.15, -0.1) is 0 Å². The second-order valence-electron chi connectivity index (χ2n) is 7.80. The Bertz CT molecular complexity index is 850. The molecular weight excluding hydrogens is 332 g/mol. The van der Waals surface area contributed by atoms with E-state index >= 15 is 0 Å². The molecule has 142 valence electrons. The topological polar surface area (TPSA) is 93.5 Å². The summed E-state index contributed by atoms with van der Waals surface area (Å²) in [6.07, 6.45) is 3.75. The van der Waals surface area contributed by atoms with Crippen LogP contribution in [0.5, 0.6) is 0 Å². The number of nitrogens with one attached hydrogen (secondary N) is 1. The zero-order valence-electron chi connectivity index (χ0n) is 15.7. The van der Waals surface area contributed by atoms with E-state index in [1.807, 2.05) is 25.9 Å². The van der Waals surface area contributed by atoms with E-state index in [2.05, 4.69) is 5.32 Å². The molecule has 2 unspecified atom stereocenters. The zero-order chi connectivity index (χ0) is 18.9. The van der Waals surface area contributed by atoms with Crippen LogP contribution >= 0.6 is 0 Å². The van der Waals surface area contributed by atoms with Crippen LogP contribution in [0.4, 0.5) is 5.69 Å². The number of anilines is 1. The van der Waals surface area contributed by atoms with Crippen molar-refractivity contribution in [2.75, 3.05) is 26.0 Å². The Kier molecular flexibility index (Phi) is 5.20. The van der Waals surface area contributed by atoms with Crippen molar-refractivity contribution in [3.05, 3.63) is 28.7 Å². The molecule has 1 aromatic heterocycles. The van der Waals surface area contributed by atoms with Gasteiger partial charge in [0.05, 0.1) is 11.4 Å². The second kappa shape index (κ2) is 7.25. The number of hydrogen-bond acceptors (Lipinski definition) is 5. The lowest BCUT2D eigenvalue weighted by Gasteiger charge is -2.37. The monoisotopic (exact) mass is 360 g/mol. The molecular formula is C19H28N4O3. The van der Waals surface area contributed by atoms with Gasteiger partial charge in [0.2, 0.25) is 5.91 Å². The van der Waals surface area contributed by atoms with Gasteiger partial charge < -0.3 is 20.4 Å². The van der Waals surface area contributed by atoms with Crippen molar-refractivity contribution in [1.82, 2.24) is 9.47 Å². The number of benzene rings is 1. The molecule has 1 saturated carbocycles. The number of amides is 1. The van der Waals surface area contributed by atoms with E-state index in [0.717, 1.165) is 32.2 Å². The van der Waals surface area contributed by atoms with E-state index in [1.54, 1.807) is 22.8 Å². The summed E-state index contributed by atoms with van der Waals surface area (Å²) in [4.78, 5) is 26.8. The number of aromatic nitrogens is 1. The van der Waals surface area contributed by atoms with E-state index in [-0.39, 0.29) is 17.6 Å². The summed E-state index contributed by atoms with van der Waals surface area (Å²) in [5.41, 5.74) is 7.73. The van der Waals surface area contributed by atoms with Crippen molar-refractivity contribution >= 4 is 22.7 Å². The van der Waals surface area contributed by atoms with E-state index < -0.39 is 5.54 Å². The van der Waals surface area contributed by atoms with Gasteiger partial charge in [-0.2, -0.15) is 0 Å². The lowest BCUT2D eigenvalue weighted by molar-refractivity contribution is -0.122. The fourth-order valence-electron chi connectivity index (χ4n) is 3.67. The van der Waals surface area contributed by atoms with Crippen molar-refractivity contribution < 1.29 is 9.21 Å². The summed E-state index contributed by atoms with van der Waals surface area (Å²) < 4.78 is 6.89. The Morgan fingerprint density at radius 1 is 1.42 bits per heavy atom. The Labute approximate surface area is 153 Å². The number of rotatable bonds is 5. The summed E-state index contributed by atoms with van der Waals surface area (Å²) in [5.74, 6) is -0.640. The van der Waals surface area contributed by atoms with E-state index in [9.17, 15) is 9.59 Å². The van der Waals surface area contributed by atoms with Gasteiger partial charge in [0, 0.05) is 24.3 Å². The quantitative estimate of drug-likeness (QED) is 0.851. The number of carbonyl (C=O) groups excluding carboxylic acids is 1. The highest BCUT2D eigenvalue weighted by Gasteiger charge is 2.37. The first-order valence-corrected chi connectivity index (χ1v) is 9.16. The number of hydrogen-bond donors (Lipinski definition) is 2. The Balaban J connectivity index is 1.83. The van der Waals surface area contributed by atoms with Crippen molar-refractivity contribution in [3.63, 3.8) is 0 Å². The van der Waals surface area contributed by atoms with Crippen molar-refractivity contribution in [2.45, 2.75) is 44.7 Å². The molecule has 0 spiro atoms. The van der Waals surface area contributed by atoms with Gasteiger partial charge in [-0.25, -0.2) is 4.79 Å². The molecule has 1 aromatic carbocycles. The summed E-state index contributed by atoms with van der Waals surface area (Å²) in [5, 5.41) is 2.97. The normalized spacial score (nSPS) is 23.5. The van der Waals surface area contributed by atoms with Crippen LogP contribution < -0.4 is 16.8 Å². The molecule has 1 amide bonds. The SMILES string of the molecule is CN(C)CCn1c(=O)oc2ccc(NC(=O)C3CCCCC3(C)N)cc21. The maximum Gasteiger partial charge on any atom is 0.419 e. The molecule has 1 aliphatic carbocycles. The number of nitrogens with two attached hydrogens (primary N) is 1. The fraction of sp³-hybridized carbons (Fsp3) is 0.579. The Hall–Kier alpha value is -2.12. The van der Waals surface area contributed by atoms with Gasteiger partial charge >= 0.3 is 5.76 Å². The summed E-state index contributed by atoms with van der Waals surface area (Å²) in [6, 6.07) is 5.28. The van der Waals surface area contributed by atoms with Crippen LogP contribution in [-0.2, 0) is 11.3 Å². The third kappa shape index (κ3) is 3.83. The molecule has 1 heterocycles. The van der Waals surface area contributed by atoms with Crippen LogP contribution in [0.2, 0.25) is 0 Å². The van der Waals surface area contributed by atoms with Gasteiger partial charge in [0.15, 0.2) is 5.58 Å². The van der Waals surface area contributed by atoms with E-state index in [0.29, 0.717) is 23.3 Å². The highest BCUT2D eigenvalue weighted by atomic mass is 16.4. The highest BCUT2D eigenvalue weighted by molar-refractivity contribution is 5.95. The standard InChI is InChI=1S/C19H28N4O3/c1-19(20)9-5-4-6-14(19)17(24)21-13-7-8-16-15(12-13)23(18(25)26-16)11-10-22(2)3/h7-8,12,14H,4-6,9-11,20H2,1-3H3,(H,21,24). The largest absolute Gasteiger partial charge is 0.419 e. The number of carbonyl (C=O) groups is 1. The molecule has 0 saturated heterocycles. The molecule has 2 atom stereocenters. The third-order valence-electron chi connectivity index (χ3n) is 5.28. The molecule has 3 rings (SSSR count). The molecule has 0 aliphatic heterocycles. The smallest absolute Gasteiger partial charge is 0.408 e. The van der Waals surface area contributed by atoms with Crippen LogP contribution in [0.3, 0.4) is 0 Å². The minimum Gasteiger partial charge on any atom is -0.408 e. The fourth-order valence-corrected chi connectivity index (χ4v) is 3.67. The van der Waals surface area contributed by atoms with Gasteiger partial charge in [0.25, 0.3) is 0 Å². The zero-order valence-corrected chi connectivity index (χ0v) is 15.7. The number of oxazole rings is 1. The first-order valence-electron chi connectivity index (χ1n) is 9.16. The Morgan fingerprint density at radius 3 is 2.88 bits per heavy atom. The average molecular weight is 360 g/mol. The minimum atomic E-state index is -0.476. The summed E-state index contributed by atoms with van der Waals surface area (Å²) in [7, 11) is 3.90. The number of nitrogens with zero attached hydrogens (tertiary/aromatic N) is 2. The van der Waals surface area contributed by atoms with Crippen molar-refractivity contribution in [3.8, 4) is 0 Å². The highest BCUT2D eigenvalue weighted by Crippen LogP contribution is 2.32. The molecule has 1 aliphatic rings. The molecule has 26 heavy (non-hydrogen) atoms. The first kappa shape index (κ1) is 18.7. The van der Waals surface area contributed by atoms with Gasteiger partial charge in [-0.1, -0.05) is 12.8 Å². The molecule has 0 radical (unpaired) electrons. The molecule has 1 fully saturated rings. The maximum atomic E-state index is 12.7. The van der Waals surface area contributed by atoms with E-state index in [4.69, 9.17) is 10.2 Å². The van der Waals surface area contributed by atoms with Gasteiger partial charge in [0.1, 0.15) is 0 Å². The molecule has 7 nitrogen and oxygen atoms in total. The minimum absolute atomic E-state index is 0.0558. The van der Waals surface area contributed by atoms with Crippen LogP contribution in [0, 0.1) is 5.92 Å². The second-order valence-corrected chi connectivity index (χ2v) is 7.80. The van der Waals surface area contributed by atoms with Crippen molar-refractivity contribution in [1.29, 1.82) is 0 Å². The molecule has 3 N–H and O–H groups in total. The molecule has 0 bridgehead atoms. The van der Waals surface area contributed by atoms with Crippen LogP contribution in [0.25, 0.3) is 11.1 Å². The van der Waals surface area contributed by atoms with Crippen LogP contribution in [-0.4, -0.2) is 41.6 Å². The summed E-state index contributed by atoms with van der Waals surface area (Å²) >= 11 is 0. The van der Waals surface area contributed by atoms with Gasteiger partial charge in [-0.05, 0) is 52.1 Å². The predicted octanol–water partition coefficient (Wildman–Crippen LogP) is 2.00. The number of fused-ring (bicyclic) bond motifs is 1. The van der Waals surface area contributed by atoms with Gasteiger partial charge in [-0.3, -0.25) is 9.36 Å². The van der Waals surface area contributed by atoms with E-state index in [1.165, 1.54) is 0 Å².